The van der Waals surface area contributed by atoms with Crippen molar-refractivity contribution in [3.8, 4) is 0 Å². The topological polar surface area (TPSA) is 84.1 Å². The molecule has 0 bridgehead atoms. The molecule has 2 unspecified atom stereocenters. The van der Waals surface area contributed by atoms with Crippen LogP contribution in [0.4, 0.5) is 5.69 Å². The second-order valence-electron chi connectivity index (χ2n) is 5.75. The van der Waals surface area contributed by atoms with E-state index in [1.165, 1.54) is 11.3 Å². The Labute approximate surface area is 133 Å². The molecule has 0 saturated carbocycles. The molecule has 2 aromatic rings. The highest BCUT2D eigenvalue weighted by Gasteiger charge is 2.31. The van der Waals surface area contributed by atoms with Gasteiger partial charge in [-0.05, 0) is 32.2 Å². The van der Waals surface area contributed by atoms with Gasteiger partial charge in [0, 0.05) is 32.0 Å². The molecule has 0 radical (unpaired) electrons. The van der Waals surface area contributed by atoms with Gasteiger partial charge in [0.05, 0.1) is 5.69 Å². The van der Waals surface area contributed by atoms with Gasteiger partial charge in [0.15, 0.2) is 0 Å². The normalized spacial score (nSPS) is 22.0. The van der Waals surface area contributed by atoms with Gasteiger partial charge >= 0.3 is 0 Å². The number of nitrogens with one attached hydrogen (secondary N) is 1. The zero-order chi connectivity index (χ0) is 15.7. The molecule has 22 heavy (non-hydrogen) atoms. The molecule has 1 amide bonds. The number of nitrogens with zero attached hydrogens (tertiary/aromatic N) is 3. The van der Waals surface area contributed by atoms with E-state index in [9.17, 15) is 4.79 Å². The number of thiophene rings is 1. The number of carbonyl (C=O) groups is 1. The molecular formula is C15H21N5OS. The van der Waals surface area contributed by atoms with Crippen LogP contribution in [0.5, 0.6) is 0 Å². The van der Waals surface area contributed by atoms with E-state index in [4.69, 9.17) is 5.73 Å². The second-order valence-corrected chi connectivity index (χ2v) is 6.75. The lowest BCUT2D eigenvalue weighted by molar-refractivity contribution is 0.0573. The number of fused-ring (bicyclic) bond motifs is 1. The standard InChI is InChI=1S/C15H21N5OS/c1-9-3-4-10(7-16)8-20(9)15(21)13-11(17-2)12-14(22-13)19-6-5-18-12/h5-6,9-10,17H,3-4,7-8,16H2,1-2H3. The van der Waals surface area contributed by atoms with E-state index in [1.807, 2.05) is 11.9 Å². The van der Waals surface area contributed by atoms with E-state index in [0.717, 1.165) is 35.4 Å². The van der Waals surface area contributed by atoms with Crippen LogP contribution in [0.25, 0.3) is 10.3 Å². The maximum absolute atomic E-state index is 13.0. The summed E-state index contributed by atoms with van der Waals surface area (Å²) < 4.78 is 0. The molecule has 0 aliphatic carbocycles. The third kappa shape index (κ3) is 2.55. The van der Waals surface area contributed by atoms with E-state index >= 15 is 0 Å². The molecule has 1 aliphatic rings. The maximum atomic E-state index is 13.0. The molecule has 118 valence electrons. The number of carbonyl (C=O) groups excluding carboxylic acids is 1. The summed E-state index contributed by atoms with van der Waals surface area (Å²) in [5, 5.41) is 3.11. The number of piperidine rings is 1. The van der Waals surface area contributed by atoms with Crippen molar-refractivity contribution in [1.82, 2.24) is 14.9 Å². The summed E-state index contributed by atoms with van der Waals surface area (Å²) in [5.74, 6) is 0.448. The largest absolute Gasteiger partial charge is 0.385 e. The van der Waals surface area contributed by atoms with Gasteiger partial charge in [-0.25, -0.2) is 9.97 Å². The summed E-state index contributed by atoms with van der Waals surface area (Å²) in [7, 11) is 1.81. The maximum Gasteiger partial charge on any atom is 0.266 e. The molecule has 0 spiro atoms. The molecule has 1 saturated heterocycles. The van der Waals surface area contributed by atoms with E-state index in [-0.39, 0.29) is 11.9 Å². The van der Waals surface area contributed by atoms with Crippen molar-refractivity contribution in [2.24, 2.45) is 11.7 Å². The number of nitrogens with two attached hydrogens (primary N) is 1. The first-order valence-electron chi connectivity index (χ1n) is 7.58. The van der Waals surface area contributed by atoms with Crippen LogP contribution >= 0.6 is 11.3 Å². The summed E-state index contributed by atoms with van der Waals surface area (Å²) in [4.78, 5) is 25.1. The summed E-state index contributed by atoms with van der Waals surface area (Å²) in [6, 6.07) is 0.242. The number of anilines is 1. The Morgan fingerprint density at radius 1 is 1.45 bits per heavy atom. The zero-order valence-corrected chi connectivity index (χ0v) is 13.7. The first kappa shape index (κ1) is 15.2. The molecule has 7 heteroatoms. The fourth-order valence-corrected chi connectivity index (χ4v) is 4.06. The molecule has 2 atom stereocenters. The molecule has 3 rings (SSSR count). The SMILES string of the molecule is CNc1c(C(=O)N2CC(CN)CCC2C)sc2nccnc12. The van der Waals surface area contributed by atoms with Crippen LogP contribution in [0.3, 0.4) is 0 Å². The Kier molecular flexibility index (Phi) is 4.26. The average Bonchev–Trinajstić information content (AvgIpc) is 2.93. The molecule has 2 aromatic heterocycles. The van der Waals surface area contributed by atoms with Crippen LogP contribution in [0.2, 0.25) is 0 Å². The van der Waals surface area contributed by atoms with Crippen molar-refractivity contribution in [2.45, 2.75) is 25.8 Å². The Hall–Kier alpha value is -1.73. The van der Waals surface area contributed by atoms with Crippen LogP contribution in [0, 0.1) is 5.92 Å². The predicted molar refractivity (Wildman–Crippen MR) is 89.2 cm³/mol. The van der Waals surface area contributed by atoms with Crippen molar-refractivity contribution in [3.63, 3.8) is 0 Å². The van der Waals surface area contributed by atoms with E-state index in [2.05, 4.69) is 22.2 Å². The predicted octanol–water partition coefficient (Wildman–Crippen LogP) is 1.93. The van der Waals surface area contributed by atoms with Crippen LogP contribution in [-0.2, 0) is 0 Å². The number of likely N-dealkylation sites (tertiary alicyclic amines) is 1. The molecule has 6 nitrogen and oxygen atoms in total. The quantitative estimate of drug-likeness (QED) is 0.903. The summed E-state index contributed by atoms with van der Waals surface area (Å²) in [5.41, 5.74) is 7.34. The van der Waals surface area contributed by atoms with Gasteiger partial charge in [-0.2, -0.15) is 0 Å². The highest BCUT2D eigenvalue weighted by molar-refractivity contribution is 7.21. The fraction of sp³-hybridized carbons (Fsp3) is 0.533. The number of hydrogen-bond acceptors (Lipinski definition) is 6. The van der Waals surface area contributed by atoms with E-state index in [0.29, 0.717) is 17.3 Å². The van der Waals surface area contributed by atoms with Crippen molar-refractivity contribution in [1.29, 1.82) is 0 Å². The highest BCUT2D eigenvalue weighted by Crippen LogP contribution is 2.35. The van der Waals surface area contributed by atoms with Crippen molar-refractivity contribution < 1.29 is 4.79 Å². The van der Waals surface area contributed by atoms with Crippen molar-refractivity contribution in [3.05, 3.63) is 17.3 Å². The minimum absolute atomic E-state index is 0.0554. The van der Waals surface area contributed by atoms with Gasteiger partial charge in [0.25, 0.3) is 5.91 Å². The number of hydrogen-bond donors (Lipinski definition) is 2. The van der Waals surface area contributed by atoms with Gasteiger partial charge in [0.1, 0.15) is 15.2 Å². The molecule has 1 fully saturated rings. The van der Waals surface area contributed by atoms with Crippen molar-refractivity contribution >= 4 is 33.3 Å². The van der Waals surface area contributed by atoms with Crippen LogP contribution < -0.4 is 11.1 Å². The first-order chi connectivity index (χ1) is 10.7. The average molecular weight is 319 g/mol. The lowest BCUT2D eigenvalue weighted by Crippen LogP contribution is -2.47. The molecule has 1 aliphatic heterocycles. The Balaban J connectivity index is 1.97. The van der Waals surface area contributed by atoms with Gasteiger partial charge < -0.3 is 16.0 Å². The smallest absolute Gasteiger partial charge is 0.266 e. The number of rotatable bonds is 3. The van der Waals surface area contributed by atoms with Crippen LogP contribution in [-0.4, -0.2) is 47.0 Å². The molecule has 3 N–H and O–H groups in total. The number of aromatic nitrogens is 2. The molecular weight excluding hydrogens is 298 g/mol. The van der Waals surface area contributed by atoms with Crippen LogP contribution in [0.1, 0.15) is 29.4 Å². The monoisotopic (exact) mass is 319 g/mol. The summed E-state index contributed by atoms with van der Waals surface area (Å²) in [6.07, 6.45) is 5.40. The minimum Gasteiger partial charge on any atom is -0.385 e. The van der Waals surface area contributed by atoms with Gasteiger partial charge in [-0.3, -0.25) is 4.79 Å². The van der Waals surface area contributed by atoms with Crippen LogP contribution in [0.15, 0.2) is 12.4 Å². The molecule has 0 aromatic carbocycles. The van der Waals surface area contributed by atoms with Gasteiger partial charge in [0.2, 0.25) is 0 Å². The van der Waals surface area contributed by atoms with Gasteiger partial charge in [-0.15, -0.1) is 11.3 Å². The highest BCUT2D eigenvalue weighted by atomic mass is 32.1. The van der Waals surface area contributed by atoms with Gasteiger partial charge in [-0.1, -0.05) is 0 Å². The lowest BCUT2D eigenvalue weighted by atomic mass is 9.93. The summed E-state index contributed by atoms with van der Waals surface area (Å²) >= 11 is 1.40. The fourth-order valence-electron chi connectivity index (χ4n) is 3.00. The van der Waals surface area contributed by atoms with E-state index < -0.39 is 0 Å². The Morgan fingerprint density at radius 2 is 2.23 bits per heavy atom. The van der Waals surface area contributed by atoms with E-state index in [1.54, 1.807) is 12.4 Å². The first-order valence-corrected chi connectivity index (χ1v) is 8.39. The Morgan fingerprint density at radius 3 is 2.95 bits per heavy atom. The third-order valence-electron chi connectivity index (χ3n) is 4.35. The zero-order valence-electron chi connectivity index (χ0n) is 12.9. The second kappa shape index (κ2) is 6.18. The number of amides is 1. The molecule has 3 heterocycles. The minimum atomic E-state index is 0.0554. The van der Waals surface area contributed by atoms with Crippen molar-refractivity contribution in [2.75, 3.05) is 25.5 Å². The Bertz CT molecular complexity index is 686. The summed E-state index contributed by atoms with van der Waals surface area (Å²) in [6.45, 7) is 3.47. The third-order valence-corrected chi connectivity index (χ3v) is 5.42. The lowest BCUT2D eigenvalue weighted by Gasteiger charge is -2.37.